The maximum Gasteiger partial charge on any atom is 0.233 e. The molecule has 0 radical (unpaired) electrons. The summed E-state index contributed by atoms with van der Waals surface area (Å²) in [7, 11) is 0. The molecule has 0 bridgehead atoms. The number of aliphatic hydroxyl groups is 1. The Balaban J connectivity index is 1.67. The molecule has 4 rings (SSSR count). The number of ether oxygens (including phenoxy) is 1. The van der Waals surface area contributed by atoms with Crippen LogP contribution in [0.1, 0.15) is 12.7 Å². The average Bonchev–Trinajstić information content (AvgIpc) is 3.19. The third-order valence-corrected chi connectivity index (χ3v) is 5.08. The van der Waals surface area contributed by atoms with Crippen LogP contribution in [0.15, 0.2) is 23.7 Å². The number of nitrogens with zero attached hydrogens (tertiary/aromatic N) is 8. The van der Waals surface area contributed by atoms with Gasteiger partial charge in [0, 0.05) is 38.2 Å². The first-order valence-corrected chi connectivity index (χ1v) is 10.1. The van der Waals surface area contributed by atoms with Gasteiger partial charge in [-0.2, -0.15) is 0 Å². The van der Waals surface area contributed by atoms with Crippen molar-refractivity contribution in [3.63, 3.8) is 0 Å². The number of carbonyl (C=O) groups excluding carboxylic acids is 1. The van der Waals surface area contributed by atoms with E-state index in [0.29, 0.717) is 61.5 Å². The number of aliphatic hydroxyl groups excluding tert-OH is 1. The van der Waals surface area contributed by atoms with Crippen molar-refractivity contribution in [1.82, 2.24) is 34.4 Å². The van der Waals surface area contributed by atoms with Gasteiger partial charge in [0.2, 0.25) is 5.91 Å². The second-order valence-electron chi connectivity index (χ2n) is 7.07. The zero-order valence-corrected chi connectivity index (χ0v) is 17.5. The lowest BCUT2D eigenvalue weighted by atomic mass is 10.1. The first kappa shape index (κ1) is 20.9. The van der Waals surface area contributed by atoms with Crippen molar-refractivity contribution in [2.45, 2.75) is 20.4 Å². The minimum Gasteiger partial charge on any atom is -0.395 e. The molecule has 3 aromatic rings. The van der Waals surface area contributed by atoms with Crippen LogP contribution in [0.25, 0.3) is 22.6 Å². The maximum atomic E-state index is 12.7. The number of aliphatic imine (C=N–C) groups is 1. The summed E-state index contributed by atoms with van der Waals surface area (Å²) in [4.78, 5) is 40.6. The molecule has 162 valence electrons. The normalized spacial score (nSPS) is 15.6. The summed E-state index contributed by atoms with van der Waals surface area (Å²) in [6.45, 7) is 6.10. The third kappa shape index (κ3) is 4.28. The Kier molecular flexibility index (Phi) is 6.23. The molecule has 1 atom stereocenters. The Morgan fingerprint density at radius 2 is 2.00 bits per heavy atom. The highest BCUT2D eigenvalue weighted by molar-refractivity contribution is 5.95. The Hall–Kier alpha value is -3.31. The lowest BCUT2D eigenvalue weighted by Gasteiger charge is -2.28. The van der Waals surface area contributed by atoms with Gasteiger partial charge in [-0.15, -0.1) is 0 Å². The van der Waals surface area contributed by atoms with Crippen LogP contribution < -0.4 is 0 Å². The fourth-order valence-corrected chi connectivity index (χ4v) is 3.41. The van der Waals surface area contributed by atoms with E-state index >= 15 is 0 Å². The second-order valence-corrected chi connectivity index (χ2v) is 7.07. The van der Waals surface area contributed by atoms with Crippen molar-refractivity contribution >= 4 is 29.1 Å². The summed E-state index contributed by atoms with van der Waals surface area (Å²) >= 11 is 0. The van der Waals surface area contributed by atoms with E-state index in [2.05, 4.69) is 24.9 Å². The number of aryl methyl sites for hydroxylation is 2. The first-order chi connectivity index (χ1) is 15.1. The minimum atomic E-state index is -0.763. The highest BCUT2D eigenvalue weighted by Crippen LogP contribution is 2.27. The zero-order chi connectivity index (χ0) is 21.8. The Morgan fingerprint density at radius 1 is 1.26 bits per heavy atom. The molecule has 1 unspecified atom stereocenters. The molecular weight excluding hydrogens is 400 g/mol. The molecule has 1 aliphatic rings. The smallest absolute Gasteiger partial charge is 0.233 e. The number of carbonyl (C=O) groups is 1. The van der Waals surface area contributed by atoms with Crippen LogP contribution in [0.3, 0.4) is 0 Å². The van der Waals surface area contributed by atoms with E-state index < -0.39 is 5.92 Å². The van der Waals surface area contributed by atoms with Crippen molar-refractivity contribution in [3.8, 4) is 11.4 Å². The molecule has 1 aliphatic heterocycles. The monoisotopic (exact) mass is 424 g/mol. The van der Waals surface area contributed by atoms with Gasteiger partial charge in [0.25, 0.3) is 0 Å². The highest BCUT2D eigenvalue weighted by Gasteiger charge is 2.24. The fourth-order valence-electron chi connectivity index (χ4n) is 3.41. The van der Waals surface area contributed by atoms with Crippen LogP contribution in [-0.2, 0) is 16.1 Å². The average molecular weight is 424 g/mol. The number of aromatic nitrogens is 6. The van der Waals surface area contributed by atoms with Crippen LogP contribution in [0.2, 0.25) is 0 Å². The quantitative estimate of drug-likeness (QED) is 0.574. The van der Waals surface area contributed by atoms with Crippen molar-refractivity contribution in [2.75, 3.05) is 32.9 Å². The standard InChI is InChI=1S/C20H24N8O3/c1-3-28-18(14-8-21-13(2)22-9-14)26-16-17(24-12-25-19(16)28)23-10-15(11-29)20(30)27-4-6-31-7-5-27/h8-10,12,15,29H,3-7,11H2,1-2H3/b23-10-. The van der Waals surface area contributed by atoms with Crippen LogP contribution in [0.5, 0.6) is 0 Å². The number of hydrogen-bond acceptors (Lipinski definition) is 9. The van der Waals surface area contributed by atoms with E-state index in [4.69, 9.17) is 9.72 Å². The van der Waals surface area contributed by atoms with Crippen molar-refractivity contribution < 1.29 is 14.6 Å². The number of hydrogen-bond donors (Lipinski definition) is 1. The fraction of sp³-hybridized carbons (Fsp3) is 0.450. The molecule has 1 saturated heterocycles. The third-order valence-electron chi connectivity index (χ3n) is 5.08. The van der Waals surface area contributed by atoms with Crippen molar-refractivity contribution in [1.29, 1.82) is 0 Å². The van der Waals surface area contributed by atoms with Crippen molar-refractivity contribution in [2.24, 2.45) is 10.9 Å². The van der Waals surface area contributed by atoms with Gasteiger partial charge in [-0.3, -0.25) is 4.79 Å². The van der Waals surface area contributed by atoms with E-state index in [9.17, 15) is 9.90 Å². The number of amides is 1. The lowest BCUT2D eigenvalue weighted by molar-refractivity contribution is -0.138. The molecule has 0 aliphatic carbocycles. The van der Waals surface area contributed by atoms with Gasteiger partial charge >= 0.3 is 0 Å². The molecule has 1 fully saturated rings. The van der Waals surface area contributed by atoms with Gasteiger partial charge in [0.15, 0.2) is 17.0 Å². The summed E-state index contributed by atoms with van der Waals surface area (Å²) in [5.74, 6) is 0.725. The van der Waals surface area contributed by atoms with Crippen LogP contribution >= 0.6 is 0 Å². The summed E-state index contributed by atoms with van der Waals surface area (Å²) < 4.78 is 7.22. The SMILES string of the molecule is CCn1c(-c2cnc(C)nc2)nc2c(/N=C\C(CO)C(=O)N3CCOCC3)ncnc21. The second kappa shape index (κ2) is 9.23. The van der Waals surface area contributed by atoms with Crippen LogP contribution in [0, 0.1) is 12.8 Å². The van der Waals surface area contributed by atoms with Crippen LogP contribution in [-0.4, -0.2) is 84.5 Å². The van der Waals surface area contributed by atoms with E-state index in [0.717, 1.165) is 5.56 Å². The predicted molar refractivity (Wildman–Crippen MR) is 113 cm³/mol. The molecular formula is C20H24N8O3. The molecule has 1 N–H and O–H groups in total. The number of fused-ring (bicyclic) bond motifs is 1. The summed E-state index contributed by atoms with van der Waals surface area (Å²) in [5, 5.41) is 9.74. The van der Waals surface area contributed by atoms with E-state index in [-0.39, 0.29) is 12.5 Å². The lowest BCUT2D eigenvalue weighted by Crippen LogP contribution is -2.45. The molecule has 31 heavy (non-hydrogen) atoms. The zero-order valence-electron chi connectivity index (χ0n) is 17.5. The summed E-state index contributed by atoms with van der Waals surface area (Å²) in [5.41, 5.74) is 1.89. The molecule has 11 heteroatoms. The first-order valence-electron chi connectivity index (χ1n) is 10.1. The predicted octanol–water partition coefficient (Wildman–Crippen LogP) is 0.781. The molecule has 1 amide bonds. The van der Waals surface area contributed by atoms with E-state index in [1.54, 1.807) is 17.3 Å². The number of morpholine rings is 1. The number of imidazole rings is 1. The van der Waals surface area contributed by atoms with E-state index in [1.165, 1.54) is 12.5 Å². The Bertz CT molecular complexity index is 1090. The van der Waals surface area contributed by atoms with Gasteiger partial charge in [-0.25, -0.2) is 29.9 Å². The van der Waals surface area contributed by atoms with Gasteiger partial charge < -0.3 is 19.3 Å². The van der Waals surface area contributed by atoms with Crippen LogP contribution in [0.4, 0.5) is 5.82 Å². The molecule has 0 aromatic carbocycles. The van der Waals surface area contributed by atoms with Gasteiger partial charge in [-0.05, 0) is 13.8 Å². The summed E-state index contributed by atoms with van der Waals surface area (Å²) in [6.07, 6.45) is 6.28. The van der Waals surface area contributed by atoms with Gasteiger partial charge in [-0.1, -0.05) is 0 Å². The number of rotatable bonds is 6. The molecule has 11 nitrogen and oxygen atoms in total. The van der Waals surface area contributed by atoms with Crippen molar-refractivity contribution in [3.05, 3.63) is 24.5 Å². The summed E-state index contributed by atoms with van der Waals surface area (Å²) in [6, 6.07) is 0. The Labute approximate surface area is 178 Å². The Morgan fingerprint density at radius 3 is 2.68 bits per heavy atom. The largest absolute Gasteiger partial charge is 0.395 e. The minimum absolute atomic E-state index is 0.184. The molecule has 0 saturated carbocycles. The topological polar surface area (TPSA) is 132 Å². The van der Waals surface area contributed by atoms with E-state index in [1.807, 2.05) is 18.4 Å². The maximum absolute atomic E-state index is 12.7. The molecule has 4 heterocycles. The highest BCUT2D eigenvalue weighted by atomic mass is 16.5. The molecule has 0 spiro atoms. The molecule has 3 aromatic heterocycles. The van der Waals surface area contributed by atoms with Gasteiger partial charge in [0.05, 0.1) is 31.3 Å². The van der Waals surface area contributed by atoms with Gasteiger partial charge in [0.1, 0.15) is 18.0 Å².